The van der Waals surface area contributed by atoms with Gasteiger partial charge in [0.2, 0.25) is 0 Å². The van der Waals surface area contributed by atoms with E-state index in [1.54, 1.807) is 0 Å². The molecular formula is C14H16F4N2O. The number of piperidine rings is 1. The van der Waals surface area contributed by atoms with Crippen LogP contribution in [0.2, 0.25) is 0 Å². The summed E-state index contributed by atoms with van der Waals surface area (Å²) < 4.78 is 53.7. The Balaban J connectivity index is 2.38. The van der Waals surface area contributed by atoms with Gasteiger partial charge in [-0.1, -0.05) is 13.8 Å². The van der Waals surface area contributed by atoms with Gasteiger partial charge in [0.1, 0.15) is 5.56 Å². The smallest absolute Gasteiger partial charge is 0.260 e. The van der Waals surface area contributed by atoms with E-state index >= 15 is 0 Å². The summed E-state index contributed by atoms with van der Waals surface area (Å²) in [5.41, 5.74) is 4.27. The summed E-state index contributed by atoms with van der Waals surface area (Å²) in [6.07, 6.45) is 0.444. The Kier molecular flexibility index (Phi) is 3.97. The Bertz CT molecular complexity index is 563. The Hall–Kier alpha value is -1.63. The van der Waals surface area contributed by atoms with Crippen molar-refractivity contribution in [3.05, 3.63) is 34.9 Å². The van der Waals surface area contributed by atoms with Crippen molar-refractivity contribution in [3.63, 3.8) is 0 Å². The van der Waals surface area contributed by atoms with E-state index < -0.39 is 40.2 Å². The minimum atomic E-state index is -1.67. The number of hydrogen-bond donors (Lipinski definition) is 1. The molecule has 21 heavy (non-hydrogen) atoms. The van der Waals surface area contributed by atoms with Gasteiger partial charge in [0, 0.05) is 25.2 Å². The van der Waals surface area contributed by atoms with Crippen molar-refractivity contribution in [2.45, 2.75) is 26.3 Å². The third-order valence-corrected chi connectivity index (χ3v) is 3.93. The molecule has 0 aliphatic carbocycles. The Morgan fingerprint density at radius 3 is 2.24 bits per heavy atom. The van der Waals surface area contributed by atoms with Crippen molar-refractivity contribution >= 4 is 5.91 Å². The minimum Gasteiger partial charge on any atom is -0.338 e. The molecule has 7 heteroatoms. The van der Waals surface area contributed by atoms with Crippen LogP contribution in [0.25, 0.3) is 0 Å². The van der Waals surface area contributed by atoms with Crippen LogP contribution in [0.4, 0.5) is 17.6 Å². The van der Waals surface area contributed by atoms with Crippen LogP contribution in [0.1, 0.15) is 30.6 Å². The van der Waals surface area contributed by atoms with E-state index in [0.717, 1.165) is 0 Å². The van der Waals surface area contributed by atoms with Crippen molar-refractivity contribution in [2.24, 2.45) is 11.1 Å². The van der Waals surface area contributed by atoms with Crippen LogP contribution in [0.5, 0.6) is 0 Å². The summed E-state index contributed by atoms with van der Waals surface area (Å²) in [6.45, 7) is 3.97. The third kappa shape index (κ3) is 2.74. The number of likely N-dealkylation sites (tertiary alicyclic amines) is 1. The van der Waals surface area contributed by atoms with Gasteiger partial charge in [-0.15, -0.1) is 0 Å². The lowest BCUT2D eigenvalue weighted by Crippen LogP contribution is -2.54. The van der Waals surface area contributed by atoms with E-state index in [2.05, 4.69) is 0 Å². The lowest BCUT2D eigenvalue weighted by molar-refractivity contribution is 0.0521. The van der Waals surface area contributed by atoms with E-state index in [1.807, 2.05) is 13.8 Å². The Labute approximate surface area is 119 Å². The summed E-state index contributed by atoms with van der Waals surface area (Å²) >= 11 is 0. The van der Waals surface area contributed by atoms with Gasteiger partial charge in [0.15, 0.2) is 23.3 Å². The molecule has 1 amide bonds. The minimum absolute atomic E-state index is 0.0809. The van der Waals surface area contributed by atoms with Crippen molar-refractivity contribution in [3.8, 4) is 0 Å². The van der Waals surface area contributed by atoms with Crippen molar-refractivity contribution in [1.82, 2.24) is 4.90 Å². The van der Waals surface area contributed by atoms with Gasteiger partial charge in [-0.05, 0) is 11.8 Å². The average molecular weight is 304 g/mol. The molecule has 1 fully saturated rings. The predicted molar refractivity (Wildman–Crippen MR) is 68.6 cm³/mol. The molecule has 1 atom stereocenters. The first-order valence-corrected chi connectivity index (χ1v) is 6.53. The number of amides is 1. The lowest BCUT2D eigenvalue weighted by atomic mass is 9.79. The van der Waals surface area contributed by atoms with Gasteiger partial charge in [-0.3, -0.25) is 4.79 Å². The van der Waals surface area contributed by atoms with Gasteiger partial charge < -0.3 is 10.6 Å². The first-order chi connectivity index (χ1) is 9.65. The zero-order chi connectivity index (χ0) is 15.9. The van der Waals surface area contributed by atoms with E-state index in [1.165, 1.54) is 4.90 Å². The molecule has 1 unspecified atom stereocenters. The van der Waals surface area contributed by atoms with Crippen LogP contribution >= 0.6 is 0 Å². The number of hydrogen-bond acceptors (Lipinski definition) is 2. The van der Waals surface area contributed by atoms with E-state index in [9.17, 15) is 22.4 Å². The van der Waals surface area contributed by atoms with Gasteiger partial charge in [-0.2, -0.15) is 0 Å². The Morgan fingerprint density at radius 1 is 1.24 bits per heavy atom. The maximum absolute atomic E-state index is 13.7. The molecule has 0 spiro atoms. The number of halogens is 4. The van der Waals surface area contributed by atoms with Crippen molar-refractivity contribution in [1.29, 1.82) is 0 Å². The number of carbonyl (C=O) groups is 1. The van der Waals surface area contributed by atoms with Crippen LogP contribution < -0.4 is 5.73 Å². The lowest BCUT2D eigenvalue weighted by Gasteiger charge is -2.42. The predicted octanol–water partition coefficient (Wildman–Crippen LogP) is 2.44. The fraction of sp³-hybridized carbons (Fsp3) is 0.500. The molecule has 0 saturated carbocycles. The topological polar surface area (TPSA) is 46.3 Å². The number of nitrogens with zero attached hydrogens (tertiary/aromatic N) is 1. The molecule has 1 saturated heterocycles. The van der Waals surface area contributed by atoms with Gasteiger partial charge >= 0.3 is 0 Å². The largest absolute Gasteiger partial charge is 0.338 e. The average Bonchev–Trinajstić information content (AvgIpc) is 2.39. The molecule has 1 aliphatic heterocycles. The standard InChI is InChI=1S/C14H16F4N2O/c1-14(2)6-20(4-3-9(14)19)13(21)10-11(17)7(15)5-8(16)12(10)18/h5,9H,3-4,6,19H2,1-2H3. The van der Waals surface area contributed by atoms with Crippen molar-refractivity contribution in [2.75, 3.05) is 13.1 Å². The number of nitrogens with two attached hydrogens (primary N) is 1. The van der Waals surface area contributed by atoms with Crippen LogP contribution in [-0.4, -0.2) is 29.9 Å². The van der Waals surface area contributed by atoms with Crippen molar-refractivity contribution < 1.29 is 22.4 Å². The summed E-state index contributed by atoms with van der Waals surface area (Å²) in [4.78, 5) is 13.4. The molecule has 1 heterocycles. The maximum atomic E-state index is 13.7. The molecule has 1 aliphatic rings. The molecule has 0 aromatic heterocycles. The van der Waals surface area contributed by atoms with Crippen LogP contribution in [0.15, 0.2) is 6.07 Å². The van der Waals surface area contributed by atoms with Gasteiger partial charge in [-0.25, -0.2) is 17.6 Å². The fourth-order valence-corrected chi connectivity index (χ4v) is 2.47. The van der Waals surface area contributed by atoms with E-state index in [0.29, 0.717) is 6.42 Å². The summed E-state index contributed by atoms with van der Waals surface area (Å²) in [6, 6.07) is -0.0854. The molecule has 1 aromatic carbocycles. The maximum Gasteiger partial charge on any atom is 0.260 e. The van der Waals surface area contributed by atoms with Crippen LogP contribution in [-0.2, 0) is 0 Å². The van der Waals surface area contributed by atoms with E-state index in [-0.39, 0.29) is 25.2 Å². The highest BCUT2D eigenvalue weighted by atomic mass is 19.2. The molecule has 0 bridgehead atoms. The highest BCUT2D eigenvalue weighted by molar-refractivity contribution is 5.95. The first-order valence-electron chi connectivity index (χ1n) is 6.53. The normalized spacial score (nSPS) is 21.5. The molecule has 2 N–H and O–H groups in total. The molecule has 3 nitrogen and oxygen atoms in total. The highest BCUT2D eigenvalue weighted by Gasteiger charge is 2.37. The molecule has 2 rings (SSSR count). The van der Waals surface area contributed by atoms with Gasteiger partial charge in [0.05, 0.1) is 0 Å². The summed E-state index contributed by atoms with van der Waals surface area (Å²) in [5.74, 6) is -7.60. The number of rotatable bonds is 1. The second-order valence-corrected chi connectivity index (χ2v) is 5.95. The first kappa shape index (κ1) is 15.8. The zero-order valence-electron chi connectivity index (χ0n) is 11.7. The highest BCUT2D eigenvalue weighted by Crippen LogP contribution is 2.30. The van der Waals surface area contributed by atoms with Crippen LogP contribution in [0, 0.1) is 28.7 Å². The number of benzene rings is 1. The van der Waals surface area contributed by atoms with Gasteiger partial charge in [0.25, 0.3) is 5.91 Å². The molecule has 0 radical (unpaired) electrons. The molecular weight excluding hydrogens is 288 g/mol. The molecule has 1 aromatic rings. The zero-order valence-corrected chi connectivity index (χ0v) is 11.7. The second kappa shape index (κ2) is 5.29. The van der Waals surface area contributed by atoms with E-state index in [4.69, 9.17) is 5.73 Å². The number of carbonyl (C=O) groups excluding carboxylic acids is 1. The summed E-state index contributed by atoms with van der Waals surface area (Å²) in [7, 11) is 0. The SMILES string of the molecule is CC1(C)CN(C(=O)c2c(F)c(F)cc(F)c2F)CCC1N. The van der Waals surface area contributed by atoms with Crippen LogP contribution in [0.3, 0.4) is 0 Å². The quantitative estimate of drug-likeness (QED) is 0.640. The monoisotopic (exact) mass is 304 g/mol. The second-order valence-electron chi connectivity index (χ2n) is 5.95. The fourth-order valence-electron chi connectivity index (χ4n) is 2.47. The molecule has 116 valence electrons. The Morgan fingerprint density at radius 2 is 1.76 bits per heavy atom. The summed E-state index contributed by atoms with van der Waals surface area (Å²) in [5, 5.41) is 0. The third-order valence-electron chi connectivity index (χ3n) is 3.93.